The van der Waals surface area contributed by atoms with Gasteiger partial charge in [-0.05, 0) is 31.5 Å². The van der Waals surface area contributed by atoms with Crippen LogP contribution in [-0.4, -0.2) is 25.6 Å². The van der Waals surface area contributed by atoms with Crippen LogP contribution in [0.1, 0.15) is 29.8 Å². The zero-order valence-electron chi connectivity index (χ0n) is 15.6. The summed E-state index contributed by atoms with van der Waals surface area (Å²) in [5.41, 5.74) is 2.74. The fourth-order valence-electron chi connectivity index (χ4n) is 3.01. The monoisotopic (exact) mass is 372 g/mol. The van der Waals surface area contributed by atoms with Gasteiger partial charge in [-0.15, -0.1) is 0 Å². The van der Waals surface area contributed by atoms with Gasteiger partial charge >= 0.3 is 0 Å². The summed E-state index contributed by atoms with van der Waals surface area (Å²) >= 11 is 0. The highest BCUT2D eigenvalue weighted by atomic mass is 16.3. The van der Waals surface area contributed by atoms with Crippen LogP contribution in [0, 0.1) is 0 Å². The third kappa shape index (κ3) is 3.50. The Morgan fingerprint density at radius 2 is 1.75 bits per heavy atom. The Hall–Kier alpha value is -3.51. The first-order chi connectivity index (χ1) is 13.4. The number of hydrogen-bond acceptors (Lipinski definition) is 4. The Labute approximate surface area is 162 Å². The molecule has 0 fully saturated rings. The molecule has 2 aromatic heterocycles. The third-order valence-electron chi connectivity index (χ3n) is 4.52. The summed E-state index contributed by atoms with van der Waals surface area (Å²) in [6.45, 7) is 3.41. The summed E-state index contributed by atoms with van der Waals surface area (Å²) in [7, 11) is 0. The van der Waals surface area contributed by atoms with E-state index in [-0.39, 0.29) is 5.91 Å². The maximum Gasteiger partial charge on any atom is 0.256 e. The number of anilines is 1. The molecule has 0 unspecified atom stereocenters. The van der Waals surface area contributed by atoms with Crippen LogP contribution in [0.25, 0.3) is 16.9 Å². The number of aliphatic hydroxyl groups is 1. The molecule has 6 nitrogen and oxygen atoms in total. The molecule has 6 heteroatoms. The van der Waals surface area contributed by atoms with Crippen molar-refractivity contribution in [2.75, 3.05) is 5.32 Å². The lowest BCUT2D eigenvalue weighted by atomic mass is 9.97. The molecule has 1 amide bonds. The van der Waals surface area contributed by atoms with Gasteiger partial charge in [-0.1, -0.05) is 42.5 Å². The fourth-order valence-corrected chi connectivity index (χ4v) is 3.01. The molecule has 0 atom stereocenters. The first kappa shape index (κ1) is 17.9. The number of hydrogen-bond donors (Lipinski definition) is 2. The van der Waals surface area contributed by atoms with Crippen LogP contribution in [0.2, 0.25) is 0 Å². The zero-order valence-corrected chi connectivity index (χ0v) is 15.6. The van der Waals surface area contributed by atoms with Gasteiger partial charge in [-0.3, -0.25) is 4.79 Å². The van der Waals surface area contributed by atoms with Gasteiger partial charge in [0.2, 0.25) is 0 Å². The van der Waals surface area contributed by atoms with Crippen molar-refractivity contribution in [3.8, 4) is 11.3 Å². The number of carbonyl (C=O) groups excluding carboxylic acids is 1. The Balaban J connectivity index is 1.66. The first-order valence-electron chi connectivity index (χ1n) is 8.96. The molecule has 0 bridgehead atoms. The highest BCUT2D eigenvalue weighted by Gasteiger charge is 2.17. The Morgan fingerprint density at radius 3 is 2.43 bits per heavy atom. The van der Waals surface area contributed by atoms with E-state index in [1.807, 2.05) is 30.3 Å². The number of nitrogens with zero attached hydrogens (tertiary/aromatic N) is 3. The summed E-state index contributed by atoms with van der Waals surface area (Å²) in [6.07, 6.45) is 1.68. The average Bonchev–Trinajstić information content (AvgIpc) is 3.16. The molecule has 0 saturated heterocycles. The zero-order chi connectivity index (χ0) is 19.7. The quantitative estimate of drug-likeness (QED) is 0.570. The number of amides is 1. The lowest BCUT2D eigenvalue weighted by molar-refractivity contribution is 0.0785. The smallest absolute Gasteiger partial charge is 0.256 e. The summed E-state index contributed by atoms with van der Waals surface area (Å²) < 4.78 is 1.74. The highest BCUT2D eigenvalue weighted by Crippen LogP contribution is 2.23. The highest BCUT2D eigenvalue weighted by molar-refractivity contribution is 6.04. The molecule has 4 rings (SSSR count). The second kappa shape index (κ2) is 6.90. The minimum absolute atomic E-state index is 0.266. The van der Waals surface area contributed by atoms with Crippen LogP contribution >= 0.6 is 0 Å². The van der Waals surface area contributed by atoms with Crippen molar-refractivity contribution in [1.82, 2.24) is 14.6 Å². The van der Waals surface area contributed by atoms with Crippen LogP contribution in [0.15, 0.2) is 72.9 Å². The SMILES string of the molecule is CC(C)(O)c1ccc(C(=O)Nc2cc(-c3ccccc3)n3nccc3n2)cc1. The Bertz CT molecular complexity index is 1130. The van der Waals surface area contributed by atoms with E-state index in [1.54, 1.807) is 61.0 Å². The van der Waals surface area contributed by atoms with Crippen molar-refractivity contribution in [3.63, 3.8) is 0 Å². The van der Waals surface area contributed by atoms with E-state index in [4.69, 9.17) is 0 Å². The van der Waals surface area contributed by atoms with Gasteiger partial charge in [0.25, 0.3) is 5.91 Å². The molecule has 0 aliphatic rings. The number of fused-ring (bicyclic) bond motifs is 1. The topological polar surface area (TPSA) is 79.5 Å². The average molecular weight is 372 g/mol. The summed E-state index contributed by atoms with van der Waals surface area (Å²) in [5.74, 6) is 0.182. The maximum absolute atomic E-state index is 12.7. The minimum atomic E-state index is -0.950. The van der Waals surface area contributed by atoms with Crippen LogP contribution in [0.5, 0.6) is 0 Å². The number of aromatic nitrogens is 3. The van der Waals surface area contributed by atoms with Crippen LogP contribution in [0.3, 0.4) is 0 Å². The van der Waals surface area contributed by atoms with Crippen LogP contribution in [0.4, 0.5) is 5.82 Å². The summed E-state index contributed by atoms with van der Waals surface area (Å²) in [6, 6.07) is 20.3. The molecule has 0 saturated carbocycles. The van der Waals surface area contributed by atoms with E-state index in [0.29, 0.717) is 17.0 Å². The lowest BCUT2D eigenvalue weighted by Gasteiger charge is -2.17. The molecule has 2 heterocycles. The number of benzene rings is 2. The molecule has 140 valence electrons. The van der Waals surface area contributed by atoms with E-state index in [9.17, 15) is 9.90 Å². The second-order valence-electron chi connectivity index (χ2n) is 7.08. The standard InChI is InChI=1S/C22H20N4O2/c1-22(2,28)17-10-8-16(9-11-17)21(27)25-19-14-18(15-6-4-3-5-7-15)26-20(24-19)12-13-23-26/h3-14,28H,1-2H3,(H,24,25,27). The molecule has 28 heavy (non-hydrogen) atoms. The van der Waals surface area contributed by atoms with E-state index >= 15 is 0 Å². The van der Waals surface area contributed by atoms with Crippen molar-refractivity contribution in [1.29, 1.82) is 0 Å². The van der Waals surface area contributed by atoms with E-state index in [2.05, 4.69) is 15.4 Å². The van der Waals surface area contributed by atoms with Gasteiger partial charge in [-0.25, -0.2) is 9.50 Å². The predicted octanol–water partition coefficient (Wildman–Crippen LogP) is 3.88. The van der Waals surface area contributed by atoms with Crippen molar-refractivity contribution in [2.24, 2.45) is 0 Å². The normalized spacial score (nSPS) is 11.5. The molecule has 4 aromatic rings. The number of nitrogens with one attached hydrogen (secondary N) is 1. The Morgan fingerprint density at radius 1 is 1.04 bits per heavy atom. The van der Waals surface area contributed by atoms with Gasteiger partial charge in [-0.2, -0.15) is 5.10 Å². The molecule has 2 N–H and O–H groups in total. The number of rotatable bonds is 4. The van der Waals surface area contributed by atoms with Crippen LogP contribution in [-0.2, 0) is 5.60 Å². The molecular formula is C22H20N4O2. The van der Waals surface area contributed by atoms with Crippen molar-refractivity contribution in [3.05, 3.63) is 84.1 Å². The second-order valence-corrected chi connectivity index (χ2v) is 7.08. The molecular weight excluding hydrogens is 352 g/mol. The van der Waals surface area contributed by atoms with E-state index < -0.39 is 5.60 Å². The Kier molecular flexibility index (Phi) is 4.41. The molecule has 0 aliphatic carbocycles. The van der Waals surface area contributed by atoms with Gasteiger partial charge in [0.15, 0.2) is 5.65 Å². The van der Waals surface area contributed by atoms with Crippen molar-refractivity contribution >= 4 is 17.4 Å². The van der Waals surface area contributed by atoms with E-state index in [1.165, 1.54) is 0 Å². The minimum Gasteiger partial charge on any atom is -0.386 e. The molecule has 0 radical (unpaired) electrons. The van der Waals surface area contributed by atoms with Crippen LogP contribution < -0.4 is 5.32 Å². The van der Waals surface area contributed by atoms with Gasteiger partial charge in [0, 0.05) is 23.3 Å². The van der Waals surface area contributed by atoms with Crippen molar-refractivity contribution < 1.29 is 9.90 Å². The fraction of sp³-hybridized carbons (Fsp3) is 0.136. The molecule has 0 spiro atoms. The van der Waals surface area contributed by atoms with Gasteiger partial charge < -0.3 is 10.4 Å². The third-order valence-corrected chi connectivity index (χ3v) is 4.52. The summed E-state index contributed by atoms with van der Waals surface area (Å²) in [5, 5.41) is 17.2. The van der Waals surface area contributed by atoms with E-state index in [0.717, 1.165) is 16.8 Å². The maximum atomic E-state index is 12.7. The van der Waals surface area contributed by atoms with Crippen molar-refractivity contribution in [2.45, 2.75) is 19.4 Å². The molecule has 2 aromatic carbocycles. The van der Waals surface area contributed by atoms with Gasteiger partial charge in [0.05, 0.1) is 17.5 Å². The predicted molar refractivity (Wildman–Crippen MR) is 108 cm³/mol. The lowest BCUT2D eigenvalue weighted by Crippen LogP contribution is -2.17. The first-order valence-corrected chi connectivity index (χ1v) is 8.96. The largest absolute Gasteiger partial charge is 0.386 e. The number of carbonyl (C=O) groups is 1. The van der Waals surface area contributed by atoms with Gasteiger partial charge in [0.1, 0.15) is 5.82 Å². The summed E-state index contributed by atoms with van der Waals surface area (Å²) in [4.78, 5) is 17.1. The molecule has 0 aliphatic heterocycles.